The molecule has 0 aliphatic carbocycles. The Morgan fingerprint density at radius 3 is 2.51 bits per heavy atom. The van der Waals surface area contributed by atoms with E-state index in [0.717, 1.165) is 10.9 Å². The van der Waals surface area contributed by atoms with Gasteiger partial charge in [0.1, 0.15) is 18.2 Å². The van der Waals surface area contributed by atoms with E-state index in [0.29, 0.717) is 38.9 Å². The number of nitrogens with one attached hydrogen (secondary N) is 1. The van der Waals surface area contributed by atoms with E-state index < -0.39 is 5.91 Å². The normalized spacial score (nSPS) is 11.1. The Labute approximate surface area is 216 Å². The van der Waals surface area contributed by atoms with E-state index in [1.54, 1.807) is 36.4 Å². The monoisotopic (exact) mass is 546 g/mol. The lowest BCUT2D eigenvalue weighted by atomic mass is 10.1. The number of anilines is 1. The lowest BCUT2D eigenvalue weighted by molar-refractivity contribution is -0.112. The second-order valence-corrected chi connectivity index (χ2v) is 8.93. The van der Waals surface area contributed by atoms with Crippen molar-refractivity contribution in [2.24, 2.45) is 0 Å². The molecule has 0 fully saturated rings. The molecule has 0 atom stereocenters. The van der Waals surface area contributed by atoms with Crippen molar-refractivity contribution in [2.75, 3.05) is 12.4 Å². The highest BCUT2D eigenvalue weighted by atomic mass is 79.9. The van der Waals surface area contributed by atoms with Gasteiger partial charge < -0.3 is 14.8 Å². The Kier molecular flexibility index (Phi) is 7.71. The number of nitrogens with zero attached hydrogens (tertiary/aromatic N) is 1. The number of nitriles is 1. The van der Waals surface area contributed by atoms with Gasteiger partial charge in [-0.25, -0.2) is 0 Å². The molecular weight excluding hydrogens is 528 g/mol. The average Bonchev–Trinajstić information content (AvgIpc) is 2.87. The lowest BCUT2D eigenvalue weighted by Gasteiger charge is -2.14. The van der Waals surface area contributed by atoms with E-state index in [-0.39, 0.29) is 5.57 Å². The molecule has 0 bridgehead atoms. The van der Waals surface area contributed by atoms with E-state index in [9.17, 15) is 10.1 Å². The molecule has 0 spiro atoms. The highest BCUT2D eigenvalue weighted by Crippen LogP contribution is 2.38. The Balaban J connectivity index is 1.53. The van der Waals surface area contributed by atoms with Crippen molar-refractivity contribution in [3.8, 4) is 17.6 Å². The number of carbonyl (C=O) groups is 1. The summed E-state index contributed by atoms with van der Waals surface area (Å²) in [6.45, 7) is 0.349. The zero-order valence-corrected chi connectivity index (χ0v) is 21.1. The largest absolute Gasteiger partial charge is 0.493 e. The molecular formula is C28H20BrClN2O3. The summed E-state index contributed by atoms with van der Waals surface area (Å²) in [5.74, 6) is 0.477. The second-order valence-electron chi connectivity index (χ2n) is 7.64. The lowest BCUT2D eigenvalue weighted by Crippen LogP contribution is -2.13. The predicted octanol–water partition coefficient (Wildman–Crippen LogP) is 7.39. The molecule has 0 aliphatic heterocycles. The SMILES string of the molecule is COc1cc(/C=C(/C#N)C(=O)Nc2ccc(Cl)cc2)cc(Br)c1OCc1ccc2ccccc2c1. The average molecular weight is 548 g/mol. The summed E-state index contributed by atoms with van der Waals surface area (Å²) in [4.78, 5) is 12.6. The minimum atomic E-state index is -0.526. The van der Waals surface area contributed by atoms with Crippen LogP contribution < -0.4 is 14.8 Å². The van der Waals surface area contributed by atoms with Crippen LogP contribution in [0.1, 0.15) is 11.1 Å². The van der Waals surface area contributed by atoms with Gasteiger partial charge in [-0.1, -0.05) is 48.0 Å². The first-order chi connectivity index (χ1) is 17.0. The van der Waals surface area contributed by atoms with E-state index in [1.165, 1.54) is 18.6 Å². The van der Waals surface area contributed by atoms with Crippen molar-refractivity contribution in [1.29, 1.82) is 5.26 Å². The van der Waals surface area contributed by atoms with E-state index in [2.05, 4.69) is 45.5 Å². The summed E-state index contributed by atoms with van der Waals surface area (Å²) in [5.41, 5.74) is 2.11. The van der Waals surface area contributed by atoms with Crippen molar-refractivity contribution in [3.63, 3.8) is 0 Å². The van der Waals surface area contributed by atoms with Gasteiger partial charge in [-0.3, -0.25) is 4.79 Å². The minimum absolute atomic E-state index is 0.0567. The molecule has 0 saturated carbocycles. The topological polar surface area (TPSA) is 71.3 Å². The summed E-state index contributed by atoms with van der Waals surface area (Å²) in [7, 11) is 1.54. The molecule has 1 amide bonds. The van der Waals surface area contributed by atoms with E-state index in [1.807, 2.05) is 24.3 Å². The van der Waals surface area contributed by atoms with Gasteiger partial charge in [0.2, 0.25) is 0 Å². The number of carbonyl (C=O) groups excluding carboxylic acids is 1. The first-order valence-electron chi connectivity index (χ1n) is 10.6. The van der Waals surface area contributed by atoms with Crippen LogP contribution in [0.4, 0.5) is 5.69 Å². The molecule has 1 N–H and O–H groups in total. The van der Waals surface area contributed by atoms with Crippen LogP contribution in [0.2, 0.25) is 5.02 Å². The second kappa shape index (κ2) is 11.1. The summed E-state index contributed by atoms with van der Waals surface area (Å²) >= 11 is 9.41. The fraction of sp³-hybridized carbons (Fsp3) is 0.0714. The van der Waals surface area contributed by atoms with Gasteiger partial charge in [0.25, 0.3) is 5.91 Å². The molecule has 0 heterocycles. The molecule has 35 heavy (non-hydrogen) atoms. The quantitative estimate of drug-likeness (QED) is 0.193. The predicted molar refractivity (Wildman–Crippen MR) is 143 cm³/mol. The number of hydrogen-bond acceptors (Lipinski definition) is 4. The molecule has 4 aromatic carbocycles. The van der Waals surface area contributed by atoms with E-state index >= 15 is 0 Å². The molecule has 0 radical (unpaired) electrons. The summed E-state index contributed by atoms with van der Waals surface area (Å²) in [6, 6.07) is 26.4. The van der Waals surface area contributed by atoms with Crippen LogP contribution in [0.5, 0.6) is 11.5 Å². The Bertz CT molecular complexity index is 1460. The molecule has 7 heteroatoms. The van der Waals surface area contributed by atoms with Gasteiger partial charge in [-0.2, -0.15) is 5.26 Å². The van der Waals surface area contributed by atoms with Crippen LogP contribution in [-0.2, 0) is 11.4 Å². The Hall–Kier alpha value is -3.79. The third kappa shape index (κ3) is 6.02. The van der Waals surface area contributed by atoms with Crippen molar-refractivity contribution in [3.05, 3.63) is 105 Å². The third-order valence-electron chi connectivity index (χ3n) is 5.23. The van der Waals surface area contributed by atoms with Gasteiger partial charge in [0.15, 0.2) is 11.5 Å². The number of amides is 1. The molecule has 0 unspecified atom stereocenters. The van der Waals surface area contributed by atoms with Crippen LogP contribution >= 0.6 is 27.5 Å². The maximum Gasteiger partial charge on any atom is 0.266 e. The van der Waals surface area contributed by atoms with Crippen LogP contribution in [0.25, 0.3) is 16.8 Å². The highest BCUT2D eigenvalue weighted by molar-refractivity contribution is 9.10. The number of hydrogen-bond donors (Lipinski definition) is 1. The van der Waals surface area contributed by atoms with Gasteiger partial charge in [-0.05, 0) is 86.4 Å². The standard InChI is InChI=1S/C28H20BrClN2O3/c1-34-26-15-19(13-22(16-31)28(33)32-24-10-8-23(30)9-11-24)14-25(29)27(26)35-17-18-6-7-20-4-2-3-5-21(20)12-18/h2-15H,17H2,1H3,(H,32,33)/b22-13-. The first-order valence-corrected chi connectivity index (χ1v) is 11.8. The number of rotatable bonds is 7. The third-order valence-corrected chi connectivity index (χ3v) is 6.07. The van der Waals surface area contributed by atoms with Crippen molar-refractivity contribution in [1.82, 2.24) is 0 Å². The molecule has 0 aromatic heterocycles. The van der Waals surface area contributed by atoms with Gasteiger partial charge in [-0.15, -0.1) is 0 Å². The molecule has 5 nitrogen and oxygen atoms in total. The van der Waals surface area contributed by atoms with Crippen molar-refractivity contribution in [2.45, 2.75) is 6.61 Å². The summed E-state index contributed by atoms with van der Waals surface area (Å²) < 4.78 is 12.2. The van der Waals surface area contributed by atoms with Crippen molar-refractivity contribution < 1.29 is 14.3 Å². The Morgan fingerprint density at radius 1 is 1.06 bits per heavy atom. The summed E-state index contributed by atoms with van der Waals surface area (Å²) in [5, 5.41) is 15.1. The van der Waals surface area contributed by atoms with Crippen LogP contribution in [0, 0.1) is 11.3 Å². The fourth-order valence-corrected chi connectivity index (χ4v) is 4.19. The molecule has 0 saturated heterocycles. The van der Waals surface area contributed by atoms with Crippen LogP contribution in [0.3, 0.4) is 0 Å². The molecule has 4 aromatic rings. The zero-order chi connectivity index (χ0) is 24.8. The molecule has 0 aliphatic rings. The number of methoxy groups -OCH3 is 1. The zero-order valence-electron chi connectivity index (χ0n) is 18.7. The maximum atomic E-state index is 12.6. The van der Waals surface area contributed by atoms with E-state index in [4.69, 9.17) is 21.1 Å². The Morgan fingerprint density at radius 2 is 1.80 bits per heavy atom. The maximum absolute atomic E-state index is 12.6. The smallest absolute Gasteiger partial charge is 0.266 e. The van der Waals surface area contributed by atoms with Gasteiger partial charge in [0, 0.05) is 10.7 Å². The minimum Gasteiger partial charge on any atom is -0.493 e. The molecule has 174 valence electrons. The number of ether oxygens (including phenoxy) is 2. The first kappa shape index (κ1) is 24.3. The van der Waals surface area contributed by atoms with Crippen LogP contribution in [0.15, 0.2) is 88.9 Å². The van der Waals surface area contributed by atoms with Crippen LogP contribution in [-0.4, -0.2) is 13.0 Å². The van der Waals surface area contributed by atoms with Gasteiger partial charge in [0.05, 0.1) is 11.6 Å². The van der Waals surface area contributed by atoms with Crippen molar-refractivity contribution >= 4 is 56.0 Å². The fourth-order valence-electron chi connectivity index (χ4n) is 3.49. The number of fused-ring (bicyclic) bond motifs is 1. The van der Waals surface area contributed by atoms with Gasteiger partial charge >= 0.3 is 0 Å². The molecule has 4 rings (SSSR count). The number of benzene rings is 4. The summed E-state index contributed by atoms with van der Waals surface area (Å²) in [6.07, 6.45) is 1.49. The highest BCUT2D eigenvalue weighted by Gasteiger charge is 2.14. The number of halogens is 2.